The van der Waals surface area contributed by atoms with E-state index in [2.05, 4.69) is 5.10 Å². The van der Waals surface area contributed by atoms with E-state index >= 15 is 0 Å². The number of nitrogen functional groups attached to an aromatic ring is 1. The largest absolute Gasteiger partial charge is 0.378 e. The maximum atomic E-state index is 11.3. The molecule has 0 fully saturated rings. The first kappa shape index (κ1) is 15.3. The van der Waals surface area contributed by atoms with Gasteiger partial charge < -0.3 is 5.73 Å². The zero-order valence-electron chi connectivity index (χ0n) is 12.1. The third-order valence-corrected chi connectivity index (χ3v) is 3.25. The number of aromatic nitrogens is 2. The van der Waals surface area contributed by atoms with Gasteiger partial charge in [-0.1, -0.05) is 44.5 Å². The first-order valence-corrected chi connectivity index (χ1v) is 6.85. The lowest BCUT2D eigenvalue weighted by Gasteiger charge is -2.15. The van der Waals surface area contributed by atoms with E-state index in [0.717, 1.165) is 0 Å². The zero-order chi connectivity index (χ0) is 15.8. The molecule has 2 aromatic rings. The van der Waals surface area contributed by atoms with Gasteiger partial charge in [-0.05, 0) is 17.5 Å². The molecule has 0 saturated heterocycles. The summed E-state index contributed by atoms with van der Waals surface area (Å²) < 4.78 is 1.33. The molecule has 1 heterocycles. The van der Waals surface area contributed by atoms with Gasteiger partial charge in [0.25, 0.3) is 0 Å². The summed E-state index contributed by atoms with van der Waals surface area (Å²) >= 11 is 6.12. The molecule has 1 aromatic carbocycles. The van der Waals surface area contributed by atoms with Crippen molar-refractivity contribution in [2.24, 2.45) is 5.41 Å². The lowest BCUT2D eigenvalue weighted by atomic mass is 9.90. The molecule has 0 radical (unpaired) electrons. The summed E-state index contributed by atoms with van der Waals surface area (Å²) in [4.78, 5) is 10.8. The molecule has 0 atom stereocenters. The van der Waals surface area contributed by atoms with Crippen LogP contribution in [0.25, 0.3) is 5.69 Å². The fraction of sp³-hybridized carbons (Fsp3) is 0.357. The number of para-hydroxylation sites is 1. The minimum Gasteiger partial charge on any atom is -0.378 e. The second-order valence-electron chi connectivity index (χ2n) is 6.04. The smallest absolute Gasteiger partial charge is 0.334 e. The van der Waals surface area contributed by atoms with Crippen molar-refractivity contribution in [3.8, 4) is 5.69 Å². The fourth-order valence-electron chi connectivity index (χ4n) is 2.10. The SMILES string of the molecule is CC(C)(C)Cc1nn(-c2ccccc2Cl)c(N)c1[N+](=O)[O-]. The summed E-state index contributed by atoms with van der Waals surface area (Å²) in [7, 11) is 0. The summed E-state index contributed by atoms with van der Waals surface area (Å²) in [6.45, 7) is 5.96. The van der Waals surface area contributed by atoms with Crippen LogP contribution in [0.3, 0.4) is 0 Å². The van der Waals surface area contributed by atoms with E-state index in [4.69, 9.17) is 17.3 Å². The third-order valence-electron chi connectivity index (χ3n) is 2.93. The number of halogens is 1. The van der Waals surface area contributed by atoms with E-state index in [1.165, 1.54) is 4.68 Å². The van der Waals surface area contributed by atoms with Crippen molar-refractivity contribution in [2.45, 2.75) is 27.2 Å². The first-order valence-electron chi connectivity index (χ1n) is 6.47. The molecule has 1 aromatic heterocycles. The average Bonchev–Trinajstić information content (AvgIpc) is 2.64. The molecule has 0 unspecified atom stereocenters. The Labute approximate surface area is 127 Å². The van der Waals surface area contributed by atoms with Gasteiger partial charge in [0.1, 0.15) is 5.69 Å². The van der Waals surface area contributed by atoms with Gasteiger partial charge in [0, 0.05) is 6.42 Å². The van der Waals surface area contributed by atoms with Crippen LogP contribution >= 0.6 is 11.6 Å². The van der Waals surface area contributed by atoms with Gasteiger partial charge in [-0.25, -0.2) is 4.68 Å². The molecule has 112 valence electrons. The van der Waals surface area contributed by atoms with E-state index < -0.39 is 4.92 Å². The van der Waals surface area contributed by atoms with Crippen LogP contribution in [0.4, 0.5) is 11.5 Å². The number of rotatable bonds is 3. The maximum Gasteiger partial charge on any atom is 0.334 e. The minimum absolute atomic E-state index is 0.00708. The Kier molecular flexibility index (Phi) is 3.91. The molecule has 7 heteroatoms. The molecular weight excluding hydrogens is 292 g/mol. The van der Waals surface area contributed by atoms with Crippen molar-refractivity contribution in [2.75, 3.05) is 5.73 Å². The summed E-state index contributed by atoms with van der Waals surface area (Å²) in [5.74, 6) is -0.00708. The van der Waals surface area contributed by atoms with Crippen LogP contribution in [0.1, 0.15) is 26.5 Å². The van der Waals surface area contributed by atoms with Crippen LogP contribution in [-0.4, -0.2) is 14.7 Å². The highest BCUT2D eigenvalue weighted by Gasteiger charge is 2.29. The zero-order valence-corrected chi connectivity index (χ0v) is 12.9. The van der Waals surface area contributed by atoms with Crippen molar-refractivity contribution in [1.29, 1.82) is 0 Å². The fourth-order valence-corrected chi connectivity index (χ4v) is 2.31. The summed E-state index contributed by atoms with van der Waals surface area (Å²) in [6, 6.07) is 6.96. The minimum atomic E-state index is -0.489. The first-order chi connectivity index (χ1) is 9.70. The number of benzene rings is 1. The molecular formula is C14H17ClN4O2. The molecule has 0 saturated carbocycles. The van der Waals surface area contributed by atoms with E-state index in [-0.39, 0.29) is 16.9 Å². The highest BCUT2D eigenvalue weighted by Crippen LogP contribution is 2.34. The Morgan fingerprint density at radius 3 is 2.52 bits per heavy atom. The number of nitrogens with zero attached hydrogens (tertiary/aromatic N) is 3. The van der Waals surface area contributed by atoms with Gasteiger partial charge >= 0.3 is 5.69 Å². The van der Waals surface area contributed by atoms with Crippen LogP contribution in [0.5, 0.6) is 0 Å². The van der Waals surface area contributed by atoms with Crippen LogP contribution < -0.4 is 5.73 Å². The highest BCUT2D eigenvalue weighted by molar-refractivity contribution is 6.32. The van der Waals surface area contributed by atoms with Gasteiger partial charge in [-0.3, -0.25) is 10.1 Å². The third kappa shape index (κ3) is 3.16. The van der Waals surface area contributed by atoms with E-state index in [1.807, 2.05) is 20.8 Å². The number of hydrogen-bond acceptors (Lipinski definition) is 4. The topological polar surface area (TPSA) is 87.0 Å². The monoisotopic (exact) mass is 308 g/mol. The van der Waals surface area contributed by atoms with E-state index in [1.54, 1.807) is 24.3 Å². The second kappa shape index (κ2) is 5.37. The van der Waals surface area contributed by atoms with Crippen molar-refractivity contribution in [3.05, 3.63) is 45.1 Å². The standard InChI is InChI=1S/C14H17ClN4O2/c1-14(2,3)8-10-12(19(20)21)13(16)18(17-10)11-7-5-4-6-9(11)15/h4-7H,8,16H2,1-3H3. The number of hydrogen-bond donors (Lipinski definition) is 1. The predicted molar refractivity (Wildman–Crippen MR) is 82.8 cm³/mol. The molecule has 2 rings (SSSR count). The molecule has 0 aliphatic carbocycles. The summed E-state index contributed by atoms with van der Waals surface area (Å²) in [6.07, 6.45) is 0.449. The van der Waals surface area contributed by atoms with Crippen molar-refractivity contribution < 1.29 is 4.92 Å². The molecule has 0 spiro atoms. The van der Waals surface area contributed by atoms with Crippen LogP contribution in [0.2, 0.25) is 5.02 Å². The maximum absolute atomic E-state index is 11.3. The lowest BCUT2D eigenvalue weighted by molar-refractivity contribution is -0.384. The molecule has 0 amide bonds. The van der Waals surface area contributed by atoms with Gasteiger partial charge in [-0.15, -0.1) is 0 Å². The highest BCUT2D eigenvalue weighted by atomic mass is 35.5. The Morgan fingerprint density at radius 1 is 1.38 bits per heavy atom. The van der Waals surface area contributed by atoms with Crippen LogP contribution in [0.15, 0.2) is 24.3 Å². The van der Waals surface area contributed by atoms with E-state index in [9.17, 15) is 10.1 Å². The number of nitro groups is 1. The van der Waals surface area contributed by atoms with Gasteiger partial charge in [0.15, 0.2) is 0 Å². The summed E-state index contributed by atoms with van der Waals surface area (Å²) in [5.41, 5.74) is 6.53. The van der Waals surface area contributed by atoms with Gasteiger partial charge in [-0.2, -0.15) is 5.10 Å². The Hall–Kier alpha value is -2.08. The normalized spacial score (nSPS) is 11.6. The Bertz CT molecular complexity index is 689. The van der Waals surface area contributed by atoms with Gasteiger partial charge in [0.05, 0.1) is 15.6 Å². The Balaban J connectivity index is 2.62. The average molecular weight is 309 g/mol. The van der Waals surface area contributed by atoms with Crippen molar-refractivity contribution >= 4 is 23.1 Å². The van der Waals surface area contributed by atoms with Crippen LogP contribution in [-0.2, 0) is 6.42 Å². The lowest BCUT2D eigenvalue weighted by Crippen LogP contribution is -2.11. The van der Waals surface area contributed by atoms with Crippen molar-refractivity contribution in [1.82, 2.24) is 9.78 Å². The quantitative estimate of drug-likeness (QED) is 0.693. The molecule has 0 aliphatic heterocycles. The predicted octanol–water partition coefficient (Wildman–Crippen LogP) is 3.60. The van der Waals surface area contributed by atoms with Crippen molar-refractivity contribution in [3.63, 3.8) is 0 Å². The molecule has 2 N–H and O–H groups in total. The molecule has 21 heavy (non-hydrogen) atoms. The summed E-state index contributed by atoms with van der Waals surface area (Å²) in [5, 5.41) is 16.0. The van der Waals surface area contributed by atoms with Gasteiger partial charge in [0.2, 0.25) is 5.82 Å². The Morgan fingerprint density at radius 2 is 2.00 bits per heavy atom. The molecule has 0 bridgehead atoms. The van der Waals surface area contributed by atoms with E-state index in [0.29, 0.717) is 22.8 Å². The number of nitrogens with two attached hydrogens (primary N) is 1. The number of anilines is 1. The second-order valence-corrected chi connectivity index (χ2v) is 6.45. The molecule has 0 aliphatic rings. The molecule has 6 nitrogen and oxygen atoms in total. The van der Waals surface area contributed by atoms with Crippen LogP contribution in [0, 0.1) is 15.5 Å².